The molecule has 86 valence electrons. The highest BCUT2D eigenvalue weighted by Gasteiger charge is 2.34. The molecule has 1 aliphatic heterocycles. The number of halogens is 1. The van der Waals surface area contributed by atoms with Gasteiger partial charge in [-0.05, 0) is 24.1 Å². The van der Waals surface area contributed by atoms with Crippen molar-refractivity contribution in [2.45, 2.75) is 31.8 Å². The number of cyclic esters (lactones) is 1. The van der Waals surface area contributed by atoms with E-state index in [4.69, 9.17) is 4.74 Å². The lowest BCUT2D eigenvalue weighted by molar-refractivity contribution is -0.141. The predicted octanol–water partition coefficient (Wildman–Crippen LogP) is 2.14. The summed E-state index contributed by atoms with van der Waals surface area (Å²) in [6.07, 6.45) is 1.12. The zero-order valence-electron chi connectivity index (χ0n) is 9.07. The molecule has 4 heteroatoms. The van der Waals surface area contributed by atoms with E-state index in [1.54, 1.807) is 12.1 Å². The molecule has 1 fully saturated rings. The van der Waals surface area contributed by atoms with E-state index in [-0.39, 0.29) is 23.8 Å². The molecule has 0 amide bonds. The maximum absolute atomic E-state index is 13.1. The van der Waals surface area contributed by atoms with Gasteiger partial charge in [0.25, 0.3) is 0 Å². The summed E-state index contributed by atoms with van der Waals surface area (Å²) in [5, 5.41) is 0.534. The lowest BCUT2D eigenvalue weighted by Crippen LogP contribution is -2.14. The summed E-state index contributed by atoms with van der Waals surface area (Å²) in [4.78, 5) is 11.2. The van der Waals surface area contributed by atoms with Crippen molar-refractivity contribution >= 4 is 20.5 Å². The fourth-order valence-electron chi connectivity index (χ4n) is 2.10. The number of rotatable bonds is 2. The largest absolute Gasteiger partial charge is 0.462 e. The molecule has 16 heavy (non-hydrogen) atoms. The van der Waals surface area contributed by atoms with Gasteiger partial charge in [0.15, 0.2) is 0 Å². The molecule has 0 aromatic heterocycles. The van der Waals surface area contributed by atoms with Crippen LogP contribution in [0.4, 0.5) is 4.39 Å². The van der Waals surface area contributed by atoms with Crippen molar-refractivity contribution in [1.82, 2.24) is 0 Å². The van der Waals surface area contributed by atoms with Gasteiger partial charge in [-0.1, -0.05) is 13.0 Å². The number of ether oxygens (including phenoxy) is 1. The maximum Gasteiger partial charge on any atom is 0.306 e. The van der Waals surface area contributed by atoms with E-state index in [2.05, 4.69) is 9.24 Å². The van der Waals surface area contributed by atoms with E-state index in [0.717, 1.165) is 12.0 Å². The molecule has 1 aromatic rings. The second kappa shape index (κ2) is 4.50. The molecule has 0 bridgehead atoms. The lowest BCUT2D eigenvalue weighted by Gasteiger charge is -2.16. The number of carbonyl (C=O) groups is 1. The van der Waals surface area contributed by atoms with Crippen LogP contribution in [0.15, 0.2) is 18.2 Å². The normalized spacial score (nSPS) is 24.6. The molecule has 1 heterocycles. The van der Waals surface area contributed by atoms with Gasteiger partial charge in [-0.3, -0.25) is 4.79 Å². The van der Waals surface area contributed by atoms with Gasteiger partial charge in [0.05, 0.1) is 6.42 Å². The van der Waals surface area contributed by atoms with Crippen LogP contribution in [0.3, 0.4) is 0 Å². The van der Waals surface area contributed by atoms with Gasteiger partial charge in [0, 0.05) is 11.2 Å². The zero-order valence-corrected chi connectivity index (χ0v) is 10.2. The van der Waals surface area contributed by atoms with E-state index in [1.807, 2.05) is 6.92 Å². The van der Waals surface area contributed by atoms with Crippen LogP contribution < -0.4 is 5.30 Å². The van der Waals surface area contributed by atoms with Crippen LogP contribution in [-0.2, 0) is 9.53 Å². The minimum Gasteiger partial charge on any atom is -0.462 e. The Bertz CT molecular complexity index is 419. The third kappa shape index (κ3) is 2.10. The molecule has 0 aliphatic carbocycles. The molecule has 0 radical (unpaired) electrons. The van der Waals surface area contributed by atoms with Crippen LogP contribution in [0.2, 0.25) is 0 Å². The Hall–Kier alpha value is -0.950. The summed E-state index contributed by atoms with van der Waals surface area (Å²) in [6, 6.07) is 4.95. The topological polar surface area (TPSA) is 26.3 Å². The first-order valence-electron chi connectivity index (χ1n) is 5.36. The Balaban J connectivity index is 2.29. The Morgan fingerprint density at radius 2 is 2.31 bits per heavy atom. The first-order chi connectivity index (χ1) is 7.61. The fourth-order valence-corrected chi connectivity index (χ4v) is 2.39. The van der Waals surface area contributed by atoms with Gasteiger partial charge in [0.2, 0.25) is 0 Å². The van der Waals surface area contributed by atoms with Gasteiger partial charge >= 0.3 is 5.97 Å². The Labute approximate surface area is 96.4 Å². The van der Waals surface area contributed by atoms with Crippen molar-refractivity contribution in [2.75, 3.05) is 0 Å². The minimum absolute atomic E-state index is 0.0670. The second-order valence-electron chi connectivity index (χ2n) is 4.03. The summed E-state index contributed by atoms with van der Waals surface area (Å²) in [6.45, 7) is 1.99. The Morgan fingerprint density at radius 1 is 1.56 bits per heavy atom. The van der Waals surface area contributed by atoms with Gasteiger partial charge < -0.3 is 4.74 Å². The summed E-state index contributed by atoms with van der Waals surface area (Å²) in [5.41, 5.74) is 0.976. The molecule has 0 saturated carbocycles. The average Bonchev–Trinajstić information content (AvgIpc) is 2.63. The Kier molecular flexibility index (Phi) is 3.25. The van der Waals surface area contributed by atoms with Crippen molar-refractivity contribution in [3.05, 3.63) is 29.6 Å². The third-order valence-corrected chi connectivity index (χ3v) is 3.41. The molecule has 1 aromatic carbocycles. The average molecular weight is 240 g/mol. The van der Waals surface area contributed by atoms with Crippen molar-refractivity contribution in [2.24, 2.45) is 0 Å². The summed E-state index contributed by atoms with van der Waals surface area (Å²) in [7, 11) is 2.36. The third-order valence-electron chi connectivity index (χ3n) is 2.97. The van der Waals surface area contributed by atoms with Gasteiger partial charge in [-0.25, -0.2) is 4.39 Å². The van der Waals surface area contributed by atoms with Crippen LogP contribution in [0, 0.1) is 5.82 Å². The van der Waals surface area contributed by atoms with E-state index in [9.17, 15) is 9.18 Å². The molecule has 2 rings (SSSR count). The number of benzene rings is 1. The van der Waals surface area contributed by atoms with E-state index in [0.29, 0.717) is 11.7 Å². The number of esters is 1. The van der Waals surface area contributed by atoms with E-state index >= 15 is 0 Å². The van der Waals surface area contributed by atoms with Crippen molar-refractivity contribution in [1.29, 1.82) is 0 Å². The maximum atomic E-state index is 13.1. The summed E-state index contributed by atoms with van der Waals surface area (Å²) < 4.78 is 18.3. The highest BCUT2D eigenvalue weighted by molar-refractivity contribution is 7.27. The van der Waals surface area contributed by atoms with Crippen molar-refractivity contribution < 1.29 is 13.9 Å². The number of carbonyl (C=O) groups excluding carboxylic acids is 1. The SMILES string of the molecule is CCC1OC(=O)CC1c1ccc(F)c(P)c1. The standard InChI is InChI=1S/C12H14FO2P/c1-2-10-8(6-12(14)15-10)7-3-4-9(13)11(16)5-7/h3-5,8,10H,2,6,16H2,1H3. The molecule has 3 atom stereocenters. The molecule has 0 N–H and O–H groups in total. The molecular formula is C12H14FO2P. The van der Waals surface area contributed by atoms with Crippen LogP contribution in [0.5, 0.6) is 0 Å². The zero-order chi connectivity index (χ0) is 11.7. The van der Waals surface area contributed by atoms with Crippen LogP contribution in [-0.4, -0.2) is 12.1 Å². The molecule has 0 spiro atoms. The predicted molar refractivity (Wildman–Crippen MR) is 63.3 cm³/mol. The highest BCUT2D eigenvalue weighted by Crippen LogP contribution is 2.33. The molecule has 1 aliphatic rings. The van der Waals surface area contributed by atoms with Crippen LogP contribution in [0.25, 0.3) is 0 Å². The first kappa shape index (κ1) is 11.5. The van der Waals surface area contributed by atoms with Crippen molar-refractivity contribution in [3.8, 4) is 0 Å². The van der Waals surface area contributed by atoms with Crippen molar-refractivity contribution in [3.63, 3.8) is 0 Å². The quantitative estimate of drug-likeness (QED) is 0.584. The summed E-state index contributed by atoms with van der Waals surface area (Å²) >= 11 is 0. The van der Waals surface area contributed by atoms with Gasteiger partial charge in [-0.2, -0.15) is 0 Å². The summed E-state index contributed by atoms with van der Waals surface area (Å²) in [5.74, 6) is -0.337. The number of hydrogen-bond donors (Lipinski definition) is 0. The fraction of sp³-hybridized carbons (Fsp3) is 0.417. The van der Waals surface area contributed by atoms with E-state index in [1.165, 1.54) is 6.07 Å². The Morgan fingerprint density at radius 3 is 2.94 bits per heavy atom. The number of hydrogen-bond acceptors (Lipinski definition) is 2. The lowest BCUT2D eigenvalue weighted by atomic mass is 9.91. The smallest absolute Gasteiger partial charge is 0.306 e. The molecule has 2 nitrogen and oxygen atoms in total. The van der Waals surface area contributed by atoms with Gasteiger partial charge in [-0.15, -0.1) is 9.24 Å². The molecule has 3 unspecified atom stereocenters. The van der Waals surface area contributed by atoms with E-state index < -0.39 is 0 Å². The molecule has 1 saturated heterocycles. The van der Waals surface area contributed by atoms with Crippen LogP contribution >= 0.6 is 9.24 Å². The van der Waals surface area contributed by atoms with Crippen LogP contribution in [0.1, 0.15) is 31.2 Å². The first-order valence-corrected chi connectivity index (χ1v) is 5.94. The monoisotopic (exact) mass is 240 g/mol. The molecular weight excluding hydrogens is 226 g/mol. The van der Waals surface area contributed by atoms with Gasteiger partial charge in [0.1, 0.15) is 11.9 Å². The second-order valence-corrected chi connectivity index (χ2v) is 4.65. The minimum atomic E-state index is -0.243. The highest BCUT2D eigenvalue weighted by atomic mass is 31.0.